The van der Waals surface area contributed by atoms with Gasteiger partial charge >= 0.3 is 6.01 Å². The lowest BCUT2D eigenvalue weighted by Crippen LogP contribution is -2.18. The van der Waals surface area contributed by atoms with E-state index in [1.54, 1.807) is 6.92 Å². The second-order valence-electron chi connectivity index (χ2n) is 2.87. The molecule has 16 heavy (non-hydrogen) atoms. The Balaban J connectivity index is 3.21. The number of carbonyl (C=O) groups excluding carboxylic acids is 1. The lowest BCUT2D eigenvalue weighted by Gasteiger charge is -2.08. The molecule has 1 heterocycles. The van der Waals surface area contributed by atoms with Crippen LogP contribution in [0.5, 0.6) is 11.9 Å². The van der Waals surface area contributed by atoms with E-state index in [1.807, 2.05) is 0 Å². The fourth-order valence-corrected chi connectivity index (χ4v) is 1.12. The van der Waals surface area contributed by atoms with E-state index in [0.29, 0.717) is 11.3 Å². The van der Waals surface area contributed by atoms with Crippen molar-refractivity contribution in [2.45, 2.75) is 6.92 Å². The van der Waals surface area contributed by atoms with Crippen molar-refractivity contribution in [3.63, 3.8) is 0 Å². The van der Waals surface area contributed by atoms with Gasteiger partial charge in [-0.1, -0.05) is 0 Å². The van der Waals surface area contributed by atoms with Crippen LogP contribution < -0.4 is 14.6 Å². The third-order valence-electron chi connectivity index (χ3n) is 1.84. The second kappa shape index (κ2) is 5.11. The molecule has 6 heteroatoms. The van der Waals surface area contributed by atoms with Crippen LogP contribution in [-0.2, 0) is 4.79 Å². The molecule has 0 radical (unpaired) electrons. The highest BCUT2D eigenvalue weighted by molar-refractivity contribution is 5.84. The van der Waals surface area contributed by atoms with Crippen molar-refractivity contribution < 1.29 is 19.4 Å². The molecule has 0 bridgehead atoms. The number of aliphatic carboxylic acids is 1. The Kier molecular flexibility index (Phi) is 3.82. The van der Waals surface area contributed by atoms with Gasteiger partial charge in [0.25, 0.3) is 0 Å². The van der Waals surface area contributed by atoms with Crippen LogP contribution in [0.2, 0.25) is 0 Å². The molecule has 1 aromatic heterocycles. The van der Waals surface area contributed by atoms with Gasteiger partial charge in [0.05, 0.1) is 31.4 Å². The second-order valence-corrected chi connectivity index (χ2v) is 2.87. The van der Waals surface area contributed by atoms with Gasteiger partial charge in [0.2, 0.25) is 5.88 Å². The zero-order chi connectivity index (χ0) is 12.1. The van der Waals surface area contributed by atoms with Crippen LogP contribution in [0.4, 0.5) is 0 Å². The van der Waals surface area contributed by atoms with E-state index in [1.165, 1.54) is 20.3 Å². The number of methoxy groups -OCH3 is 2. The molecule has 1 aromatic rings. The Morgan fingerprint density at radius 2 is 2.00 bits per heavy atom. The maximum absolute atomic E-state index is 10.3. The maximum atomic E-state index is 10.3. The van der Waals surface area contributed by atoms with Crippen LogP contribution in [0, 0.1) is 6.92 Å². The van der Waals surface area contributed by atoms with Gasteiger partial charge in [-0.2, -0.15) is 9.97 Å². The van der Waals surface area contributed by atoms with Gasteiger partial charge in [0, 0.05) is 0 Å². The van der Waals surface area contributed by atoms with E-state index in [-0.39, 0.29) is 11.9 Å². The fourth-order valence-electron chi connectivity index (χ4n) is 1.12. The molecule has 0 aliphatic rings. The number of hydrogen-bond acceptors (Lipinski definition) is 6. The standard InChI is InChI=1S/C10H12N2O4/c1-6-7(4-5-8(13)14)9(15-2)12-10(11-6)16-3/h4-5H,1-3H3,(H,13,14)/p-1/b5-4+. The van der Waals surface area contributed by atoms with E-state index in [4.69, 9.17) is 9.47 Å². The monoisotopic (exact) mass is 223 g/mol. The molecule has 0 N–H and O–H groups in total. The average molecular weight is 223 g/mol. The number of carbonyl (C=O) groups is 1. The van der Waals surface area contributed by atoms with Crippen molar-refractivity contribution >= 4 is 12.0 Å². The fraction of sp³-hybridized carbons (Fsp3) is 0.300. The Hall–Kier alpha value is -2.11. The molecule has 0 saturated carbocycles. The lowest BCUT2D eigenvalue weighted by atomic mass is 10.2. The van der Waals surface area contributed by atoms with E-state index in [2.05, 4.69) is 9.97 Å². The van der Waals surface area contributed by atoms with Gasteiger partial charge in [-0.05, 0) is 19.1 Å². The molecule has 0 fully saturated rings. The van der Waals surface area contributed by atoms with Crippen LogP contribution in [0.1, 0.15) is 11.3 Å². The maximum Gasteiger partial charge on any atom is 0.319 e. The molecule has 0 aliphatic heterocycles. The number of aryl methyl sites for hydroxylation is 1. The molecule has 0 spiro atoms. The van der Waals surface area contributed by atoms with Gasteiger partial charge in [0.1, 0.15) is 0 Å². The number of hydrogen-bond donors (Lipinski definition) is 0. The van der Waals surface area contributed by atoms with E-state index < -0.39 is 5.97 Å². The van der Waals surface area contributed by atoms with Crippen LogP contribution >= 0.6 is 0 Å². The topological polar surface area (TPSA) is 84.4 Å². The predicted molar refractivity (Wildman–Crippen MR) is 53.9 cm³/mol. The average Bonchev–Trinajstić information content (AvgIpc) is 2.26. The number of carboxylic acid groups (broad SMARTS) is 1. The largest absolute Gasteiger partial charge is 0.545 e. The third-order valence-corrected chi connectivity index (χ3v) is 1.84. The van der Waals surface area contributed by atoms with Crippen molar-refractivity contribution in [2.75, 3.05) is 14.2 Å². The number of ether oxygens (including phenoxy) is 2. The quantitative estimate of drug-likeness (QED) is 0.644. The van der Waals surface area contributed by atoms with E-state index in [9.17, 15) is 9.90 Å². The van der Waals surface area contributed by atoms with Crippen LogP contribution in [0.3, 0.4) is 0 Å². The lowest BCUT2D eigenvalue weighted by molar-refractivity contribution is -0.297. The third kappa shape index (κ3) is 2.69. The Bertz CT molecular complexity index is 429. The van der Waals surface area contributed by atoms with E-state index in [0.717, 1.165) is 6.08 Å². The van der Waals surface area contributed by atoms with Gasteiger partial charge < -0.3 is 19.4 Å². The van der Waals surface area contributed by atoms with Gasteiger partial charge in [-0.15, -0.1) is 0 Å². The zero-order valence-electron chi connectivity index (χ0n) is 9.18. The van der Waals surface area contributed by atoms with Crippen LogP contribution in [-0.4, -0.2) is 30.2 Å². The first kappa shape index (κ1) is 12.0. The van der Waals surface area contributed by atoms with E-state index >= 15 is 0 Å². The number of nitrogens with zero attached hydrogens (tertiary/aromatic N) is 2. The molecule has 1 rings (SSSR count). The summed E-state index contributed by atoms with van der Waals surface area (Å²) >= 11 is 0. The summed E-state index contributed by atoms with van der Waals surface area (Å²) in [7, 11) is 2.86. The first-order valence-electron chi connectivity index (χ1n) is 4.44. The van der Waals surface area contributed by atoms with Gasteiger partial charge in [0.15, 0.2) is 0 Å². The molecule has 0 aliphatic carbocycles. The highest BCUT2D eigenvalue weighted by Crippen LogP contribution is 2.22. The smallest absolute Gasteiger partial charge is 0.319 e. The molecule has 86 valence electrons. The van der Waals surface area contributed by atoms with Crippen molar-refractivity contribution in [2.24, 2.45) is 0 Å². The molecule has 0 atom stereocenters. The molecule has 0 amide bonds. The highest BCUT2D eigenvalue weighted by atomic mass is 16.5. The van der Waals surface area contributed by atoms with Crippen LogP contribution in [0.25, 0.3) is 6.08 Å². The number of carboxylic acids is 1. The van der Waals surface area contributed by atoms with Crippen molar-refractivity contribution in [1.29, 1.82) is 0 Å². The number of rotatable bonds is 4. The van der Waals surface area contributed by atoms with Gasteiger partial charge in [-0.3, -0.25) is 0 Å². The predicted octanol–water partition coefficient (Wildman–Crippen LogP) is -0.435. The summed E-state index contributed by atoms with van der Waals surface area (Å²) in [6, 6.07) is 0.167. The van der Waals surface area contributed by atoms with Crippen molar-refractivity contribution in [3.8, 4) is 11.9 Å². The zero-order valence-corrected chi connectivity index (χ0v) is 9.18. The Labute approximate surface area is 92.6 Å². The summed E-state index contributed by atoms with van der Waals surface area (Å²) in [5.41, 5.74) is 1.04. The van der Waals surface area contributed by atoms with Crippen molar-refractivity contribution in [1.82, 2.24) is 9.97 Å². The minimum absolute atomic E-state index is 0.167. The summed E-state index contributed by atoms with van der Waals surface area (Å²) in [4.78, 5) is 18.2. The normalized spacial score (nSPS) is 10.4. The summed E-state index contributed by atoms with van der Waals surface area (Å²) in [5, 5.41) is 10.3. The summed E-state index contributed by atoms with van der Waals surface area (Å²) in [6.45, 7) is 1.70. The Morgan fingerprint density at radius 1 is 1.31 bits per heavy atom. The summed E-state index contributed by atoms with van der Waals surface area (Å²) < 4.78 is 9.87. The Morgan fingerprint density at radius 3 is 2.50 bits per heavy atom. The SMILES string of the molecule is COc1nc(C)c(/C=C/C(=O)[O-])c(OC)n1. The first-order valence-corrected chi connectivity index (χ1v) is 4.44. The van der Waals surface area contributed by atoms with Crippen molar-refractivity contribution in [3.05, 3.63) is 17.3 Å². The molecule has 0 saturated heterocycles. The molecular weight excluding hydrogens is 212 g/mol. The van der Waals surface area contributed by atoms with Gasteiger partial charge in [-0.25, -0.2) is 0 Å². The minimum atomic E-state index is -1.29. The summed E-state index contributed by atoms with van der Waals surface area (Å²) in [5.74, 6) is -1.04. The first-order chi connectivity index (χ1) is 7.58. The molecular formula is C10H11N2O4-. The summed E-state index contributed by atoms with van der Waals surface area (Å²) in [6.07, 6.45) is 2.21. The molecule has 6 nitrogen and oxygen atoms in total. The highest BCUT2D eigenvalue weighted by Gasteiger charge is 2.09. The number of aromatic nitrogens is 2. The molecule has 0 aromatic carbocycles. The van der Waals surface area contributed by atoms with Crippen LogP contribution in [0.15, 0.2) is 6.08 Å². The minimum Gasteiger partial charge on any atom is -0.545 e. The molecule has 0 unspecified atom stereocenters.